The molecule has 0 rings (SSSR count). The van der Waals surface area contributed by atoms with Crippen LogP contribution >= 0.6 is 0 Å². The highest BCUT2D eigenvalue weighted by molar-refractivity contribution is 5.71. The zero-order chi connectivity index (χ0) is 11.5. The molecule has 0 aliphatic rings. The van der Waals surface area contributed by atoms with Crippen LogP contribution in [-0.4, -0.2) is 11.1 Å². The molecule has 1 N–H and O–H groups in total. The Morgan fingerprint density at radius 3 is 2.40 bits per heavy atom. The van der Waals surface area contributed by atoms with E-state index < -0.39 is 5.97 Å². The van der Waals surface area contributed by atoms with Gasteiger partial charge in [-0.3, -0.25) is 4.79 Å². The van der Waals surface area contributed by atoms with E-state index in [1.165, 1.54) is 32.1 Å². The topological polar surface area (TPSA) is 37.3 Å². The first-order valence-corrected chi connectivity index (χ1v) is 6.11. The van der Waals surface area contributed by atoms with E-state index in [0.29, 0.717) is 6.42 Å². The molecular weight excluding hydrogens is 188 g/mol. The maximum absolute atomic E-state index is 10.7. The van der Waals surface area contributed by atoms with E-state index in [9.17, 15) is 4.79 Å². The molecule has 0 heterocycles. The number of unbranched alkanes of at least 4 members (excludes halogenated alkanes) is 5. The van der Waals surface area contributed by atoms with Gasteiger partial charge in [-0.2, -0.15) is 0 Å². The lowest BCUT2D eigenvalue weighted by Gasteiger charge is -2.02. The summed E-state index contributed by atoms with van der Waals surface area (Å²) in [7, 11) is 0. The second-order valence-corrected chi connectivity index (χ2v) is 3.98. The van der Waals surface area contributed by atoms with Gasteiger partial charge in [0.1, 0.15) is 0 Å². The lowest BCUT2D eigenvalue weighted by molar-refractivity contribution is -0.140. The molecule has 0 aromatic rings. The van der Waals surface area contributed by atoms with Gasteiger partial charge < -0.3 is 5.11 Å². The van der Waals surface area contributed by atoms with Crippen molar-refractivity contribution in [3.63, 3.8) is 0 Å². The molecule has 0 spiro atoms. The molecule has 0 aliphatic carbocycles. The molecule has 15 heavy (non-hydrogen) atoms. The molecule has 0 saturated carbocycles. The van der Waals surface area contributed by atoms with E-state index in [1.807, 2.05) is 19.1 Å². The summed E-state index contributed by atoms with van der Waals surface area (Å²) >= 11 is 0. The van der Waals surface area contributed by atoms with E-state index in [-0.39, 0.29) is 5.92 Å². The summed E-state index contributed by atoms with van der Waals surface area (Å²) in [6.45, 7) is 4.11. The van der Waals surface area contributed by atoms with Crippen LogP contribution in [0.2, 0.25) is 0 Å². The van der Waals surface area contributed by atoms with Crippen molar-refractivity contribution in [2.45, 2.75) is 58.8 Å². The molecule has 0 fully saturated rings. The average molecular weight is 212 g/mol. The van der Waals surface area contributed by atoms with Gasteiger partial charge in [0.15, 0.2) is 0 Å². The highest BCUT2D eigenvalue weighted by atomic mass is 16.4. The standard InChI is InChI=1S/C13H24O2/c1-3-5-6-7-8-9-10-11-12(4-2)13(14)15/h10-12H,3-9H2,1-2H3,(H,14,15). The number of aliphatic carboxylic acids is 1. The van der Waals surface area contributed by atoms with E-state index in [1.54, 1.807) is 0 Å². The van der Waals surface area contributed by atoms with E-state index in [0.717, 1.165) is 6.42 Å². The smallest absolute Gasteiger partial charge is 0.310 e. The lowest BCUT2D eigenvalue weighted by Crippen LogP contribution is -2.08. The van der Waals surface area contributed by atoms with Crippen LogP contribution in [-0.2, 0) is 4.79 Å². The minimum Gasteiger partial charge on any atom is -0.481 e. The Kier molecular flexibility index (Phi) is 9.24. The SMILES string of the molecule is CCCCCCCC=CC(CC)C(=O)O. The Morgan fingerprint density at radius 2 is 1.87 bits per heavy atom. The fraction of sp³-hybridized carbons (Fsp3) is 0.769. The van der Waals surface area contributed by atoms with Crippen molar-refractivity contribution in [2.75, 3.05) is 0 Å². The number of carboxylic acids is 1. The van der Waals surface area contributed by atoms with Gasteiger partial charge in [-0.15, -0.1) is 0 Å². The molecule has 2 heteroatoms. The van der Waals surface area contributed by atoms with Crippen LogP contribution < -0.4 is 0 Å². The van der Waals surface area contributed by atoms with Crippen LogP contribution in [0.4, 0.5) is 0 Å². The first-order chi connectivity index (χ1) is 7.22. The maximum Gasteiger partial charge on any atom is 0.310 e. The maximum atomic E-state index is 10.7. The van der Waals surface area contributed by atoms with Crippen LogP contribution in [0.3, 0.4) is 0 Å². The van der Waals surface area contributed by atoms with Gasteiger partial charge >= 0.3 is 5.97 Å². The van der Waals surface area contributed by atoms with Gasteiger partial charge in [0.2, 0.25) is 0 Å². The molecule has 1 atom stereocenters. The first-order valence-electron chi connectivity index (χ1n) is 6.11. The highest BCUT2D eigenvalue weighted by Gasteiger charge is 2.09. The first kappa shape index (κ1) is 14.2. The van der Waals surface area contributed by atoms with Gasteiger partial charge in [-0.25, -0.2) is 0 Å². The number of hydrogen-bond donors (Lipinski definition) is 1. The normalized spacial score (nSPS) is 13.2. The molecular formula is C13H24O2. The zero-order valence-electron chi connectivity index (χ0n) is 10.0. The molecule has 1 unspecified atom stereocenters. The summed E-state index contributed by atoms with van der Waals surface area (Å²) in [5, 5.41) is 8.79. The third kappa shape index (κ3) is 8.22. The second-order valence-electron chi connectivity index (χ2n) is 3.98. The number of carbonyl (C=O) groups is 1. The molecule has 0 aromatic carbocycles. The van der Waals surface area contributed by atoms with Crippen molar-refractivity contribution in [1.82, 2.24) is 0 Å². The summed E-state index contributed by atoms with van der Waals surface area (Å²) in [5.41, 5.74) is 0. The summed E-state index contributed by atoms with van der Waals surface area (Å²) in [4.78, 5) is 10.7. The van der Waals surface area contributed by atoms with Crippen LogP contribution in [0.5, 0.6) is 0 Å². The van der Waals surface area contributed by atoms with Crippen molar-refractivity contribution in [3.8, 4) is 0 Å². The Labute approximate surface area is 93.4 Å². The summed E-state index contributed by atoms with van der Waals surface area (Å²) < 4.78 is 0. The van der Waals surface area contributed by atoms with Crippen LogP contribution in [0.25, 0.3) is 0 Å². The molecule has 0 saturated heterocycles. The fourth-order valence-corrected chi connectivity index (χ4v) is 1.52. The molecule has 0 aliphatic heterocycles. The van der Waals surface area contributed by atoms with E-state index in [4.69, 9.17) is 5.11 Å². The molecule has 0 radical (unpaired) electrons. The minimum atomic E-state index is -0.709. The van der Waals surface area contributed by atoms with E-state index in [2.05, 4.69) is 6.92 Å². The van der Waals surface area contributed by atoms with Gasteiger partial charge in [-0.05, 0) is 19.3 Å². The minimum absolute atomic E-state index is 0.291. The third-order valence-electron chi connectivity index (χ3n) is 2.60. The van der Waals surface area contributed by atoms with Gasteiger partial charge in [-0.1, -0.05) is 51.7 Å². The van der Waals surface area contributed by atoms with Gasteiger partial charge in [0.25, 0.3) is 0 Å². The number of rotatable bonds is 9. The Bertz CT molecular complexity index is 185. The summed E-state index contributed by atoms with van der Waals surface area (Å²) in [5.74, 6) is -1.000. The largest absolute Gasteiger partial charge is 0.481 e. The number of hydrogen-bond acceptors (Lipinski definition) is 1. The summed E-state index contributed by atoms with van der Waals surface area (Å²) in [6, 6.07) is 0. The summed E-state index contributed by atoms with van der Waals surface area (Å²) in [6.07, 6.45) is 11.9. The molecule has 0 amide bonds. The Hall–Kier alpha value is -0.790. The lowest BCUT2D eigenvalue weighted by atomic mass is 10.1. The molecule has 88 valence electrons. The number of carboxylic acid groups (broad SMARTS) is 1. The van der Waals surface area contributed by atoms with Crippen LogP contribution in [0, 0.1) is 5.92 Å². The van der Waals surface area contributed by atoms with Crippen molar-refractivity contribution < 1.29 is 9.90 Å². The molecule has 0 bridgehead atoms. The number of allylic oxidation sites excluding steroid dienone is 1. The predicted octanol–water partition coefficient (Wildman–Crippen LogP) is 4.01. The third-order valence-corrected chi connectivity index (χ3v) is 2.60. The van der Waals surface area contributed by atoms with Gasteiger partial charge in [0.05, 0.1) is 5.92 Å². The van der Waals surface area contributed by atoms with Crippen LogP contribution in [0.1, 0.15) is 58.8 Å². The highest BCUT2D eigenvalue weighted by Crippen LogP contribution is 2.08. The monoisotopic (exact) mass is 212 g/mol. The van der Waals surface area contributed by atoms with E-state index >= 15 is 0 Å². The fourth-order valence-electron chi connectivity index (χ4n) is 1.52. The van der Waals surface area contributed by atoms with Crippen molar-refractivity contribution in [2.24, 2.45) is 5.92 Å². The second kappa shape index (κ2) is 9.75. The average Bonchev–Trinajstić information content (AvgIpc) is 2.21. The molecule has 2 nitrogen and oxygen atoms in total. The van der Waals surface area contributed by atoms with Crippen LogP contribution in [0.15, 0.2) is 12.2 Å². The zero-order valence-corrected chi connectivity index (χ0v) is 10.0. The van der Waals surface area contributed by atoms with Gasteiger partial charge in [0, 0.05) is 0 Å². The Balaban J connectivity index is 3.48. The van der Waals surface area contributed by atoms with Crippen molar-refractivity contribution in [1.29, 1.82) is 0 Å². The van der Waals surface area contributed by atoms with Crippen molar-refractivity contribution in [3.05, 3.63) is 12.2 Å². The van der Waals surface area contributed by atoms with Crippen molar-refractivity contribution >= 4 is 5.97 Å². The molecule has 0 aromatic heterocycles. The predicted molar refractivity (Wildman–Crippen MR) is 63.9 cm³/mol. The quantitative estimate of drug-likeness (QED) is 0.463. The Morgan fingerprint density at radius 1 is 1.20 bits per heavy atom.